The normalized spacial score (nSPS) is 26.8. The Balaban J connectivity index is 1.22. The summed E-state index contributed by atoms with van der Waals surface area (Å²) in [6.07, 6.45) is 7.71. The lowest BCUT2D eigenvalue weighted by Crippen LogP contribution is -2.29. The van der Waals surface area contributed by atoms with Crippen LogP contribution in [0.5, 0.6) is 0 Å². The molecule has 3 aliphatic rings. The van der Waals surface area contributed by atoms with E-state index < -0.39 is 0 Å². The van der Waals surface area contributed by atoms with Crippen LogP contribution in [0.15, 0.2) is 18.6 Å². The summed E-state index contributed by atoms with van der Waals surface area (Å²) in [5, 5.41) is 8.25. The van der Waals surface area contributed by atoms with E-state index in [1.54, 1.807) is 11.0 Å². The lowest BCUT2D eigenvalue weighted by atomic mass is 9.83. The average Bonchev–Trinajstić information content (AvgIpc) is 3.21. The summed E-state index contributed by atoms with van der Waals surface area (Å²) in [6.45, 7) is 5.45. The molecule has 2 saturated heterocycles. The maximum atomic E-state index is 4.56. The second kappa shape index (κ2) is 6.05. The second-order valence-electron chi connectivity index (χ2n) is 7.93. The minimum Gasteiger partial charge on any atom is -0.356 e. The minimum atomic E-state index is 0.673. The fourth-order valence-electron chi connectivity index (χ4n) is 4.56. The quantitative estimate of drug-likeness (QED) is 0.840. The SMILES string of the molecule is Cn1cc(CN2CC3CN(c4cc(C5CCC5)ncn4)CC3C2)nn1. The molecule has 1 saturated carbocycles. The molecule has 2 atom stereocenters. The van der Waals surface area contributed by atoms with Crippen LogP contribution < -0.4 is 4.90 Å². The molecule has 0 aromatic carbocycles. The first-order valence-electron chi connectivity index (χ1n) is 9.39. The van der Waals surface area contributed by atoms with Crippen LogP contribution >= 0.6 is 0 Å². The fourth-order valence-corrected chi connectivity index (χ4v) is 4.56. The molecule has 132 valence electrons. The van der Waals surface area contributed by atoms with Crippen molar-refractivity contribution in [3.05, 3.63) is 30.0 Å². The van der Waals surface area contributed by atoms with Gasteiger partial charge in [0.25, 0.3) is 0 Å². The molecule has 0 radical (unpaired) electrons. The first-order valence-corrected chi connectivity index (χ1v) is 9.39. The Labute approximate surface area is 148 Å². The van der Waals surface area contributed by atoms with Crippen LogP contribution in [0.25, 0.3) is 0 Å². The van der Waals surface area contributed by atoms with Gasteiger partial charge < -0.3 is 4.90 Å². The van der Waals surface area contributed by atoms with Crippen LogP contribution in [-0.2, 0) is 13.6 Å². The van der Waals surface area contributed by atoms with Gasteiger partial charge in [-0.05, 0) is 24.7 Å². The van der Waals surface area contributed by atoms with Crippen molar-refractivity contribution in [3.63, 3.8) is 0 Å². The van der Waals surface area contributed by atoms with Gasteiger partial charge in [0.15, 0.2) is 0 Å². The first-order chi connectivity index (χ1) is 12.2. The molecule has 2 unspecified atom stereocenters. The summed E-state index contributed by atoms with van der Waals surface area (Å²) in [5.41, 5.74) is 2.32. The van der Waals surface area contributed by atoms with Gasteiger partial charge in [-0.2, -0.15) is 0 Å². The molecular weight excluding hydrogens is 314 g/mol. The van der Waals surface area contributed by atoms with E-state index in [4.69, 9.17) is 0 Å². The van der Waals surface area contributed by atoms with Crippen LogP contribution in [0.4, 0.5) is 5.82 Å². The van der Waals surface area contributed by atoms with E-state index in [9.17, 15) is 0 Å². The Morgan fingerprint density at radius 2 is 1.88 bits per heavy atom. The van der Waals surface area contributed by atoms with Crippen molar-refractivity contribution in [1.29, 1.82) is 0 Å². The van der Waals surface area contributed by atoms with Crippen LogP contribution in [0.2, 0.25) is 0 Å². The maximum absolute atomic E-state index is 4.56. The van der Waals surface area contributed by atoms with Crippen molar-refractivity contribution >= 4 is 5.82 Å². The Bertz CT molecular complexity index is 739. The number of hydrogen-bond acceptors (Lipinski definition) is 6. The number of likely N-dealkylation sites (tertiary alicyclic amines) is 1. The Kier molecular flexibility index (Phi) is 3.69. The van der Waals surface area contributed by atoms with Gasteiger partial charge in [-0.3, -0.25) is 9.58 Å². The predicted molar refractivity (Wildman–Crippen MR) is 94.1 cm³/mol. The van der Waals surface area contributed by atoms with Crippen molar-refractivity contribution in [1.82, 2.24) is 29.9 Å². The molecule has 0 amide bonds. The summed E-state index contributed by atoms with van der Waals surface area (Å²) >= 11 is 0. The van der Waals surface area contributed by atoms with Crippen molar-refractivity contribution < 1.29 is 0 Å². The molecule has 0 spiro atoms. The molecule has 4 heterocycles. The van der Waals surface area contributed by atoms with Gasteiger partial charge in [0.2, 0.25) is 0 Å². The van der Waals surface area contributed by atoms with E-state index in [2.05, 4.69) is 36.1 Å². The third-order valence-corrected chi connectivity index (χ3v) is 6.12. The van der Waals surface area contributed by atoms with E-state index in [0.29, 0.717) is 5.92 Å². The summed E-state index contributed by atoms with van der Waals surface area (Å²) in [6, 6.07) is 2.24. The number of nitrogens with zero attached hydrogens (tertiary/aromatic N) is 7. The molecule has 0 bridgehead atoms. The van der Waals surface area contributed by atoms with Gasteiger partial charge in [-0.15, -0.1) is 5.10 Å². The number of aromatic nitrogens is 5. The molecule has 2 aromatic heterocycles. The lowest BCUT2D eigenvalue weighted by molar-refractivity contribution is 0.305. The molecule has 1 aliphatic carbocycles. The number of aryl methyl sites for hydroxylation is 1. The number of anilines is 1. The number of fused-ring (bicyclic) bond motifs is 1. The van der Waals surface area contributed by atoms with E-state index in [1.165, 1.54) is 25.0 Å². The topological polar surface area (TPSA) is 63.0 Å². The third kappa shape index (κ3) is 2.90. The maximum Gasteiger partial charge on any atom is 0.132 e. The highest BCUT2D eigenvalue weighted by Crippen LogP contribution is 2.37. The van der Waals surface area contributed by atoms with Gasteiger partial charge in [-0.25, -0.2) is 9.97 Å². The molecule has 7 nitrogen and oxygen atoms in total. The minimum absolute atomic E-state index is 0.673. The summed E-state index contributed by atoms with van der Waals surface area (Å²) < 4.78 is 1.78. The van der Waals surface area contributed by atoms with Gasteiger partial charge in [0.1, 0.15) is 12.1 Å². The van der Waals surface area contributed by atoms with E-state index >= 15 is 0 Å². The lowest BCUT2D eigenvalue weighted by Gasteiger charge is -2.26. The van der Waals surface area contributed by atoms with Crippen molar-refractivity contribution in [2.45, 2.75) is 31.7 Å². The van der Waals surface area contributed by atoms with Gasteiger partial charge in [0, 0.05) is 63.6 Å². The van der Waals surface area contributed by atoms with Crippen LogP contribution in [0.3, 0.4) is 0 Å². The fraction of sp³-hybridized carbons (Fsp3) is 0.667. The monoisotopic (exact) mass is 339 g/mol. The molecular formula is C18H25N7. The zero-order valence-electron chi connectivity index (χ0n) is 14.8. The van der Waals surface area contributed by atoms with E-state index in [-0.39, 0.29) is 0 Å². The Morgan fingerprint density at radius 3 is 2.52 bits per heavy atom. The number of rotatable bonds is 4. The summed E-state index contributed by atoms with van der Waals surface area (Å²) in [5.74, 6) is 3.27. The molecule has 5 rings (SSSR count). The standard InChI is InChI=1S/C18H25N7/c1-23-10-16(21-22-23)11-24-6-14-8-25(9-15(14)7-24)18-5-17(19-12-20-18)13-3-2-4-13/h5,10,12-15H,2-4,6-9,11H2,1H3. The summed E-state index contributed by atoms with van der Waals surface area (Å²) in [7, 11) is 1.92. The van der Waals surface area contributed by atoms with Gasteiger partial charge in [-0.1, -0.05) is 11.6 Å². The molecule has 7 heteroatoms. The molecule has 25 heavy (non-hydrogen) atoms. The van der Waals surface area contributed by atoms with Crippen molar-refractivity contribution in [2.75, 3.05) is 31.1 Å². The zero-order chi connectivity index (χ0) is 16.8. The van der Waals surface area contributed by atoms with Crippen molar-refractivity contribution in [2.24, 2.45) is 18.9 Å². The highest BCUT2D eigenvalue weighted by molar-refractivity contribution is 5.42. The largest absolute Gasteiger partial charge is 0.356 e. The molecule has 3 fully saturated rings. The molecule has 2 aromatic rings. The zero-order valence-corrected chi connectivity index (χ0v) is 14.8. The summed E-state index contributed by atoms with van der Waals surface area (Å²) in [4.78, 5) is 14.1. The first kappa shape index (κ1) is 15.3. The smallest absolute Gasteiger partial charge is 0.132 e. The van der Waals surface area contributed by atoms with Crippen molar-refractivity contribution in [3.8, 4) is 0 Å². The van der Waals surface area contributed by atoms with E-state index in [1.807, 2.05) is 13.2 Å². The van der Waals surface area contributed by atoms with Gasteiger partial charge >= 0.3 is 0 Å². The predicted octanol–water partition coefficient (Wildman–Crippen LogP) is 1.44. The Morgan fingerprint density at radius 1 is 1.08 bits per heavy atom. The molecule has 2 aliphatic heterocycles. The van der Waals surface area contributed by atoms with Gasteiger partial charge in [0.05, 0.1) is 5.69 Å². The van der Waals surface area contributed by atoms with E-state index in [0.717, 1.165) is 56.1 Å². The Hall–Kier alpha value is -2.02. The van der Waals surface area contributed by atoms with Crippen LogP contribution in [0.1, 0.15) is 36.6 Å². The second-order valence-corrected chi connectivity index (χ2v) is 7.93. The third-order valence-electron chi connectivity index (χ3n) is 6.12. The number of hydrogen-bond donors (Lipinski definition) is 0. The highest BCUT2D eigenvalue weighted by atomic mass is 15.4. The molecule has 0 N–H and O–H groups in total. The average molecular weight is 339 g/mol. The van der Waals surface area contributed by atoms with Crippen LogP contribution in [0, 0.1) is 11.8 Å². The highest BCUT2D eigenvalue weighted by Gasteiger charge is 2.40. The van der Waals surface area contributed by atoms with Crippen LogP contribution in [-0.4, -0.2) is 56.0 Å².